The molecule has 1 N–H and O–H groups in total. The summed E-state index contributed by atoms with van der Waals surface area (Å²) < 4.78 is 0. The molecule has 88 valence electrons. The first-order valence-electron chi connectivity index (χ1n) is 5.63. The van der Waals surface area contributed by atoms with Crippen LogP contribution in [0.1, 0.15) is 13.3 Å². The average molecular weight is 213 g/mol. The lowest BCUT2D eigenvalue weighted by molar-refractivity contribution is -0.130. The Hall–Kier alpha value is -0.610. The number of likely N-dealkylation sites (N-methyl/N-ethyl adjacent to an activating group) is 1. The Morgan fingerprint density at radius 3 is 2.73 bits per heavy atom. The minimum absolute atomic E-state index is 0.0640. The van der Waals surface area contributed by atoms with Crippen molar-refractivity contribution in [2.45, 2.75) is 19.4 Å². The Morgan fingerprint density at radius 1 is 1.60 bits per heavy atom. The Kier molecular flexibility index (Phi) is 4.54. The summed E-state index contributed by atoms with van der Waals surface area (Å²) in [6, 6.07) is -0.0640. The number of amides is 1. The maximum atomic E-state index is 11.6. The van der Waals surface area contributed by atoms with E-state index in [9.17, 15) is 4.79 Å². The molecule has 1 fully saturated rings. The minimum Gasteiger partial charge on any atom is -0.347 e. The number of nitrogens with one attached hydrogen (secondary N) is 1. The Morgan fingerprint density at radius 2 is 2.27 bits per heavy atom. The van der Waals surface area contributed by atoms with E-state index >= 15 is 0 Å². The number of carbonyl (C=O) groups is 1. The second-order valence-corrected chi connectivity index (χ2v) is 4.78. The standard InChI is InChI=1S/C11H23N3O/c1-9(11(15)13(2)3)12-7-10-5-6-14(4)8-10/h9-10,12H,5-8H2,1-4H3. The van der Waals surface area contributed by atoms with Gasteiger partial charge in [-0.2, -0.15) is 0 Å². The largest absolute Gasteiger partial charge is 0.347 e. The van der Waals surface area contributed by atoms with Crippen LogP contribution in [0.3, 0.4) is 0 Å². The number of hydrogen-bond acceptors (Lipinski definition) is 3. The molecule has 4 nitrogen and oxygen atoms in total. The molecule has 0 spiro atoms. The van der Waals surface area contributed by atoms with E-state index in [-0.39, 0.29) is 11.9 Å². The zero-order chi connectivity index (χ0) is 11.4. The van der Waals surface area contributed by atoms with Gasteiger partial charge in [-0.3, -0.25) is 4.79 Å². The van der Waals surface area contributed by atoms with Crippen LogP contribution in [-0.4, -0.2) is 62.5 Å². The van der Waals surface area contributed by atoms with Gasteiger partial charge in [0, 0.05) is 20.6 Å². The topological polar surface area (TPSA) is 35.6 Å². The van der Waals surface area contributed by atoms with Crippen molar-refractivity contribution >= 4 is 5.91 Å². The molecule has 2 unspecified atom stereocenters. The summed E-state index contributed by atoms with van der Waals surface area (Å²) in [6.45, 7) is 5.21. The van der Waals surface area contributed by atoms with Gasteiger partial charge in [0.15, 0.2) is 0 Å². The molecule has 1 aliphatic rings. The zero-order valence-electron chi connectivity index (χ0n) is 10.3. The van der Waals surface area contributed by atoms with Crippen LogP contribution in [0, 0.1) is 5.92 Å². The quantitative estimate of drug-likeness (QED) is 0.714. The van der Waals surface area contributed by atoms with Crippen molar-refractivity contribution in [3.63, 3.8) is 0 Å². The number of nitrogens with zero attached hydrogens (tertiary/aromatic N) is 2. The highest BCUT2D eigenvalue weighted by Gasteiger charge is 2.21. The van der Waals surface area contributed by atoms with E-state index in [2.05, 4.69) is 17.3 Å². The maximum Gasteiger partial charge on any atom is 0.238 e. The van der Waals surface area contributed by atoms with Crippen LogP contribution < -0.4 is 5.32 Å². The third kappa shape index (κ3) is 3.80. The molecule has 0 bridgehead atoms. The van der Waals surface area contributed by atoms with Crippen LogP contribution in [0.25, 0.3) is 0 Å². The number of likely N-dealkylation sites (tertiary alicyclic amines) is 1. The second-order valence-electron chi connectivity index (χ2n) is 4.78. The predicted molar refractivity (Wildman–Crippen MR) is 61.8 cm³/mol. The lowest BCUT2D eigenvalue weighted by atomic mass is 10.1. The normalized spacial score (nSPS) is 24.1. The highest BCUT2D eigenvalue weighted by Crippen LogP contribution is 2.12. The third-order valence-electron chi connectivity index (χ3n) is 3.01. The SMILES string of the molecule is CC(NCC1CCN(C)C1)C(=O)N(C)C. The van der Waals surface area contributed by atoms with E-state index in [1.807, 2.05) is 6.92 Å². The van der Waals surface area contributed by atoms with Gasteiger partial charge in [-0.25, -0.2) is 0 Å². The Labute approximate surface area is 92.6 Å². The molecule has 1 aliphatic heterocycles. The predicted octanol–water partition coefficient (Wildman–Crippen LogP) is 0.00440. The van der Waals surface area contributed by atoms with Crippen molar-refractivity contribution in [1.82, 2.24) is 15.1 Å². The van der Waals surface area contributed by atoms with Crippen molar-refractivity contribution in [2.75, 3.05) is 40.8 Å². The zero-order valence-corrected chi connectivity index (χ0v) is 10.3. The monoisotopic (exact) mass is 213 g/mol. The molecule has 1 heterocycles. The van der Waals surface area contributed by atoms with E-state index in [4.69, 9.17) is 0 Å². The van der Waals surface area contributed by atoms with Crippen LogP contribution in [0.4, 0.5) is 0 Å². The van der Waals surface area contributed by atoms with Gasteiger partial charge in [-0.15, -0.1) is 0 Å². The van der Waals surface area contributed by atoms with Gasteiger partial charge in [0.1, 0.15) is 0 Å². The molecule has 0 aromatic heterocycles. The summed E-state index contributed by atoms with van der Waals surface area (Å²) in [4.78, 5) is 15.5. The van der Waals surface area contributed by atoms with Gasteiger partial charge in [-0.05, 0) is 39.4 Å². The van der Waals surface area contributed by atoms with E-state index in [0.717, 1.165) is 13.1 Å². The van der Waals surface area contributed by atoms with Gasteiger partial charge in [-0.1, -0.05) is 0 Å². The van der Waals surface area contributed by atoms with Crippen molar-refractivity contribution in [2.24, 2.45) is 5.92 Å². The number of carbonyl (C=O) groups excluding carboxylic acids is 1. The molecule has 1 amide bonds. The van der Waals surface area contributed by atoms with Crippen molar-refractivity contribution in [1.29, 1.82) is 0 Å². The fourth-order valence-electron chi connectivity index (χ4n) is 2.01. The van der Waals surface area contributed by atoms with Crippen molar-refractivity contribution in [3.8, 4) is 0 Å². The maximum absolute atomic E-state index is 11.6. The summed E-state index contributed by atoms with van der Waals surface area (Å²) in [6.07, 6.45) is 1.24. The summed E-state index contributed by atoms with van der Waals surface area (Å²) in [7, 11) is 5.74. The van der Waals surface area contributed by atoms with Gasteiger partial charge >= 0.3 is 0 Å². The molecule has 0 radical (unpaired) electrons. The van der Waals surface area contributed by atoms with E-state index in [0.29, 0.717) is 5.92 Å². The van der Waals surface area contributed by atoms with Crippen LogP contribution in [0.15, 0.2) is 0 Å². The highest BCUT2D eigenvalue weighted by molar-refractivity contribution is 5.80. The highest BCUT2D eigenvalue weighted by atomic mass is 16.2. The first-order chi connectivity index (χ1) is 7.00. The minimum atomic E-state index is -0.0640. The second kappa shape index (κ2) is 5.47. The molecule has 2 atom stereocenters. The van der Waals surface area contributed by atoms with Crippen LogP contribution in [0.5, 0.6) is 0 Å². The molecule has 15 heavy (non-hydrogen) atoms. The molecule has 0 aromatic rings. The summed E-state index contributed by atoms with van der Waals surface area (Å²) >= 11 is 0. The molecule has 0 saturated carbocycles. The molecule has 4 heteroatoms. The number of hydrogen-bond donors (Lipinski definition) is 1. The number of rotatable bonds is 4. The lowest BCUT2D eigenvalue weighted by Crippen LogP contribution is -2.43. The average Bonchev–Trinajstić information content (AvgIpc) is 2.59. The lowest BCUT2D eigenvalue weighted by Gasteiger charge is -2.20. The Balaban J connectivity index is 2.22. The van der Waals surface area contributed by atoms with Crippen LogP contribution in [-0.2, 0) is 4.79 Å². The van der Waals surface area contributed by atoms with Gasteiger partial charge in [0.05, 0.1) is 6.04 Å². The van der Waals surface area contributed by atoms with Crippen LogP contribution >= 0.6 is 0 Å². The summed E-state index contributed by atoms with van der Waals surface area (Å²) in [5.41, 5.74) is 0. The van der Waals surface area contributed by atoms with E-state index in [1.165, 1.54) is 13.0 Å². The molecule has 0 aliphatic carbocycles. The van der Waals surface area contributed by atoms with Crippen LogP contribution in [0.2, 0.25) is 0 Å². The van der Waals surface area contributed by atoms with Gasteiger partial charge < -0.3 is 15.1 Å². The van der Waals surface area contributed by atoms with Crippen molar-refractivity contribution < 1.29 is 4.79 Å². The molecule has 1 saturated heterocycles. The molecular formula is C11H23N3O. The molecule has 0 aromatic carbocycles. The first kappa shape index (κ1) is 12.5. The smallest absolute Gasteiger partial charge is 0.238 e. The molecular weight excluding hydrogens is 190 g/mol. The van der Waals surface area contributed by atoms with E-state index in [1.54, 1.807) is 19.0 Å². The van der Waals surface area contributed by atoms with E-state index < -0.39 is 0 Å². The third-order valence-corrected chi connectivity index (χ3v) is 3.01. The van der Waals surface area contributed by atoms with Gasteiger partial charge in [0.25, 0.3) is 0 Å². The van der Waals surface area contributed by atoms with Gasteiger partial charge in [0.2, 0.25) is 5.91 Å². The summed E-state index contributed by atoms with van der Waals surface area (Å²) in [5, 5.41) is 3.31. The fraction of sp³-hybridized carbons (Fsp3) is 0.909. The fourth-order valence-corrected chi connectivity index (χ4v) is 2.01. The first-order valence-corrected chi connectivity index (χ1v) is 5.63. The molecule has 1 rings (SSSR count). The Bertz CT molecular complexity index is 218. The van der Waals surface area contributed by atoms with Crippen molar-refractivity contribution in [3.05, 3.63) is 0 Å². The summed E-state index contributed by atoms with van der Waals surface area (Å²) in [5.74, 6) is 0.855.